The third-order valence-electron chi connectivity index (χ3n) is 2.96. The van der Waals surface area contributed by atoms with E-state index in [2.05, 4.69) is 40.4 Å². The smallest absolute Gasteiger partial charge is 0.159 e. The lowest BCUT2D eigenvalue weighted by Gasteiger charge is -2.09. The molecule has 0 saturated carbocycles. The van der Waals surface area contributed by atoms with E-state index in [-0.39, 0.29) is 0 Å². The molecule has 0 spiro atoms. The third-order valence-corrected chi connectivity index (χ3v) is 2.96. The van der Waals surface area contributed by atoms with Crippen LogP contribution in [0.5, 0.6) is 0 Å². The van der Waals surface area contributed by atoms with Gasteiger partial charge in [-0.15, -0.1) is 0 Å². The Morgan fingerprint density at radius 3 is 2.65 bits per heavy atom. The number of aryl methyl sites for hydroxylation is 2. The summed E-state index contributed by atoms with van der Waals surface area (Å²) in [5, 5.41) is 4.56. The number of ether oxygens (including phenoxy) is 1. The molecule has 3 N–H and O–H groups in total. The average Bonchev–Trinajstić information content (AvgIpc) is 2.90. The van der Waals surface area contributed by atoms with E-state index in [1.54, 1.807) is 13.2 Å². The van der Waals surface area contributed by atoms with Gasteiger partial charge in [-0.1, -0.05) is 13.8 Å². The highest BCUT2D eigenvalue weighted by Gasteiger charge is 2.11. The normalized spacial score (nSPS) is 10.8. The molecule has 2 aromatic heterocycles. The van der Waals surface area contributed by atoms with Crippen LogP contribution in [-0.4, -0.2) is 26.9 Å². The second kappa shape index (κ2) is 6.44. The molecule has 0 atom stereocenters. The van der Waals surface area contributed by atoms with Crippen LogP contribution in [0.1, 0.15) is 31.1 Å². The maximum atomic E-state index is 5.45. The first kappa shape index (κ1) is 14.4. The van der Waals surface area contributed by atoms with Crippen molar-refractivity contribution in [3.05, 3.63) is 29.3 Å². The second-order valence-corrected chi connectivity index (χ2v) is 4.35. The van der Waals surface area contributed by atoms with Gasteiger partial charge in [0.25, 0.3) is 0 Å². The van der Waals surface area contributed by atoms with Crippen molar-refractivity contribution in [2.75, 3.05) is 12.5 Å². The molecule has 2 aromatic rings. The Labute approximate surface area is 118 Å². The van der Waals surface area contributed by atoms with Gasteiger partial charge in [0.05, 0.1) is 5.69 Å². The van der Waals surface area contributed by atoms with Crippen LogP contribution in [0.3, 0.4) is 0 Å². The lowest BCUT2D eigenvalue weighted by Crippen LogP contribution is -2.14. The lowest BCUT2D eigenvalue weighted by atomic mass is 10.2. The molecule has 0 aliphatic rings. The highest BCUT2D eigenvalue weighted by Crippen LogP contribution is 2.15. The molecule has 7 nitrogen and oxygen atoms in total. The maximum Gasteiger partial charge on any atom is 0.159 e. The number of anilines is 1. The average molecular weight is 276 g/mol. The summed E-state index contributed by atoms with van der Waals surface area (Å²) >= 11 is 0. The van der Waals surface area contributed by atoms with Crippen molar-refractivity contribution in [1.29, 1.82) is 0 Å². The number of hydrogen-bond acceptors (Lipinski definition) is 6. The summed E-state index contributed by atoms with van der Waals surface area (Å²) in [4.78, 5) is 8.70. The number of hydrazine groups is 1. The number of nitrogens with one attached hydrogen (secondary N) is 1. The van der Waals surface area contributed by atoms with E-state index in [0.717, 1.165) is 24.2 Å². The van der Waals surface area contributed by atoms with E-state index >= 15 is 0 Å². The minimum atomic E-state index is 0.325. The van der Waals surface area contributed by atoms with Crippen molar-refractivity contribution in [2.24, 2.45) is 5.84 Å². The first-order valence-corrected chi connectivity index (χ1v) is 6.63. The summed E-state index contributed by atoms with van der Waals surface area (Å²) in [6.07, 6.45) is 1.76. The van der Waals surface area contributed by atoms with Crippen molar-refractivity contribution < 1.29 is 4.74 Å². The summed E-state index contributed by atoms with van der Waals surface area (Å²) < 4.78 is 6.91. The zero-order chi connectivity index (χ0) is 14.5. The van der Waals surface area contributed by atoms with Gasteiger partial charge >= 0.3 is 0 Å². The molecule has 7 heteroatoms. The summed E-state index contributed by atoms with van der Waals surface area (Å²) in [5.41, 5.74) is 4.69. The van der Waals surface area contributed by atoms with E-state index < -0.39 is 0 Å². The van der Waals surface area contributed by atoms with Crippen LogP contribution in [0, 0.1) is 0 Å². The monoisotopic (exact) mass is 276 g/mol. The molecule has 0 radical (unpaired) electrons. The zero-order valence-electron chi connectivity index (χ0n) is 12.1. The van der Waals surface area contributed by atoms with Crippen molar-refractivity contribution in [2.45, 2.75) is 33.3 Å². The maximum absolute atomic E-state index is 5.45. The van der Waals surface area contributed by atoms with Crippen LogP contribution >= 0.6 is 0 Å². The molecule has 0 aliphatic heterocycles. The van der Waals surface area contributed by atoms with Gasteiger partial charge in [0, 0.05) is 18.9 Å². The molecule has 0 unspecified atom stereocenters. The highest BCUT2D eigenvalue weighted by atomic mass is 16.5. The Morgan fingerprint density at radius 1 is 1.25 bits per heavy atom. The predicted molar refractivity (Wildman–Crippen MR) is 76.4 cm³/mol. The van der Waals surface area contributed by atoms with Crippen molar-refractivity contribution >= 4 is 5.82 Å². The number of methoxy groups -OCH3 is 1. The van der Waals surface area contributed by atoms with Gasteiger partial charge in [-0.25, -0.2) is 20.5 Å². The standard InChI is InChI=1S/C13H20N6O/c1-4-9-6-10(5-2)19(18-9)13-7-11(17-14)15-12(16-13)8-20-3/h6-7H,4-5,8,14H2,1-3H3,(H,15,16,17). The van der Waals surface area contributed by atoms with E-state index in [4.69, 9.17) is 10.6 Å². The first-order valence-electron chi connectivity index (χ1n) is 6.63. The fourth-order valence-corrected chi connectivity index (χ4v) is 1.96. The Balaban J connectivity index is 2.50. The Morgan fingerprint density at radius 2 is 2.05 bits per heavy atom. The molecule has 0 bridgehead atoms. The number of rotatable bonds is 6. The summed E-state index contributed by atoms with van der Waals surface area (Å²) in [5.74, 6) is 7.25. The molecule has 0 saturated heterocycles. The quantitative estimate of drug-likeness (QED) is 0.609. The molecule has 20 heavy (non-hydrogen) atoms. The summed E-state index contributed by atoms with van der Waals surface area (Å²) in [7, 11) is 1.60. The van der Waals surface area contributed by atoms with Gasteiger partial charge in [0.2, 0.25) is 0 Å². The molecule has 0 fully saturated rings. The SMILES string of the molecule is CCc1cc(CC)n(-c2cc(NN)nc(COC)n2)n1. The van der Waals surface area contributed by atoms with E-state index in [0.29, 0.717) is 24.1 Å². The van der Waals surface area contributed by atoms with Gasteiger partial charge in [0.1, 0.15) is 12.4 Å². The van der Waals surface area contributed by atoms with Gasteiger partial charge in [0.15, 0.2) is 11.6 Å². The number of nitrogens with two attached hydrogens (primary N) is 1. The minimum absolute atomic E-state index is 0.325. The number of hydrogen-bond donors (Lipinski definition) is 2. The summed E-state index contributed by atoms with van der Waals surface area (Å²) in [6, 6.07) is 3.86. The largest absolute Gasteiger partial charge is 0.377 e. The van der Waals surface area contributed by atoms with Crippen LogP contribution in [0.2, 0.25) is 0 Å². The minimum Gasteiger partial charge on any atom is -0.377 e. The molecule has 2 rings (SSSR count). The van der Waals surface area contributed by atoms with Gasteiger partial charge < -0.3 is 10.2 Å². The van der Waals surface area contributed by atoms with E-state index in [9.17, 15) is 0 Å². The topological polar surface area (TPSA) is 90.9 Å². The van der Waals surface area contributed by atoms with Crippen LogP contribution in [-0.2, 0) is 24.2 Å². The molecule has 0 amide bonds. The molecule has 108 valence electrons. The second-order valence-electron chi connectivity index (χ2n) is 4.35. The zero-order valence-corrected chi connectivity index (χ0v) is 12.1. The summed E-state index contributed by atoms with van der Waals surface area (Å²) in [6.45, 7) is 4.49. The van der Waals surface area contributed by atoms with Crippen LogP contribution < -0.4 is 11.3 Å². The Hall–Kier alpha value is -1.99. The molecule has 0 aromatic carbocycles. The van der Waals surface area contributed by atoms with E-state index in [1.807, 2.05) is 4.68 Å². The van der Waals surface area contributed by atoms with Gasteiger partial charge in [-0.05, 0) is 18.9 Å². The first-order chi connectivity index (χ1) is 9.71. The number of nitrogens with zero attached hydrogens (tertiary/aromatic N) is 4. The van der Waals surface area contributed by atoms with Crippen molar-refractivity contribution in [3.63, 3.8) is 0 Å². The third kappa shape index (κ3) is 2.94. The van der Waals surface area contributed by atoms with Crippen molar-refractivity contribution in [1.82, 2.24) is 19.7 Å². The van der Waals surface area contributed by atoms with Crippen molar-refractivity contribution in [3.8, 4) is 5.82 Å². The number of nitrogen functional groups attached to an aromatic ring is 1. The molecule has 2 heterocycles. The predicted octanol–water partition coefficient (Wildman–Crippen LogP) is 1.22. The number of aromatic nitrogens is 4. The van der Waals surface area contributed by atoms with Crippen LogP contribution in [0.25, 0.3) is 5.82 Å². The van der Waals surface area contributed by atoms with Gasteiger partial charge in [-0.3, -0.25) is 0 Å². The lowest BCUT2D eigenvalue weighted by molar-refractivity contribution is 0.178. The Kier molecular flexibility index (Phi) is 4.65. The van der Waals surface area contributed by atoms with Crippen LogP contribution in [0.4, 0.5) is 5.82 Å². The molecular weight excluding hydrogens is 256 g/mol. The highest BCUT2D eigenvalue weighted by molar-refractivity contribution is 5.41. The fourth-order valence-electron chi connectivity index (χ4n) is 1.96. The van der Waals surface area contributed by atoms with Gasteiger partial charge in [-0.2, -0.15) is 5.10 Å². The Bertz CT molecular complexity index is 580. The molecule has 0 aliphatic carbocycles. The fraction of sp³-hybridized carbons (Fsp3) is 0.462. The van der Waals surface area contributed by atoms with E-state index in [1.165, 1.54) is 0 Å². The molecular formula is C13H20N6O. The van der Waals surface area contributed by atoms with Crippen LogP contribution in [0.15, 0.2) is 12.1 Å².